The molecule has 0 unspecified atom stereocenters. The number of nitrogens with one attached hydrogen (secondary N) is 1. The molecule has 0 saturated heterocycles. The molecule has 144 valence electrons. The summed E-state index contributed by atoms with van der Waals surface area (Å²) in [7, 11) is 0. The van der Waals surface area contributed by atoms with E-state index in [-0.39, 0.29) is 13.0 Å². The summed E-state index contributed by atoms with van der Waals surface area (Å²) in [5, 5.41) is 2.64. The highest BCUT2D eigenvalue weighted by Gasteiger charge is 2.35. The molecule has 28 heavy (non-hydrogen) atoms. The molecule has 0 bridgehead atoms. The van der Waals surface area contributed by atoms with Gasteiger partial charge in [-0.05, 0) is 36.2 Å². The molecule has 7 heteroatoms. The summed E-state index contributed by atoms with van der Waals surface area (Å²) in [6.07, 6.45) is 0.725. The van der Waals surface area contributed by atoms with E-state index in [0.717, 1.165) is 16.9 Å². The predicted molar refractivity (Wildman–Crippen MR) is 102 cm³/mol. The summed E-state index contributed by atoms with van der Waals surface area (Å²) in [5.41, 5.74) is 2.42. The van der Waals surface area contributed by atoms with Crippen LogP contribution in [-0.2, 0) is 20.7 Å². The van der Waals surface area contributed by atoms with Crippen LogP contribution in [0.1, 0.15) is 39.6 Å². The zero-order valence-electron chi connectivity index (χ0n) is 15.4. The topological polar surface area (TPSA) is 92.8 Å². The van der Waals surface area contributed by atoms with Gasteiger partial charge >= 0.3 is 5.97 Å². The van der Waals surface area contributed by atoms with Crippen molar-refractivity contribution in [3.8, 4) is 0 Å². The number of nitrogens with zero attached hydrogens (tertiary/aromatic N) is 1. The van der Waals surface area contributed by atoms with E-state index in [0.29, 0.717) is 16.8 Å². The Labute approximate surface area is 162 Å². The molecule has 0 radical (unpaired) electrons. The maximum atomic E-state index is 12.2. The number of esters is 1. The number of ether oxygens (including phenoxy) is 1. The van der Waals surface area contributed by atoms with Gasteiger partial charge in [0.1, 0.15) is 0 Å². The third-order valence-corrected chi connectivity index (χ3v) is 4.43. The monoisotopic (exact) mass is 380 g/mol. The van der Waals surface area contributed by atoms with Gasteiger partial charge in [0.2, 0.25) is 0 Å². The lowest BCUT2D eigenvalue weighted by Crippen LogP contribution is -2.32. The second-order valence-electron chi connectivity index (χ2n) is 6.32. The van der Waals surface area contributed by atoms with Gasteiger partial charge in [0, 0.05) is 12.2 Å². The molecule has 0 fully saturated rings. The molecular weight excluding hydrogens is 360 g/mol. The van der Waals surface area contributed by atoms with Crippen LogP contribution in [-0.4, -0.2) is 41.7 Å². The van der Waals surface area contributed by atoms with Gasteiger partial charge in [-0.1, -0.05) is 31.2 Å². The molecule has 1 N–H and O–H groups in total. The number of amides is 3. The minimum Gasteiger partial charge on any atom is -0.456 e. The van der Waals surface area contributed by atoms with Crippen molar-refractivity contribution in [3.63, 3.8) is 0 Å². The SMILES string of the molecule is CCc1ccc(NC(=O)COC(=O)CCN2C(=O)c3ccccc3C2=O)cc1. The van der Waals surface area contributed by atoms with Crippen molar-refractivity contribution in [2.75, 3.05) is 18.5 Å². The Bertz CT molecular complexity index is 886. The number of benzene rings is 2. The molecule has 3 amide bonds. The minimum absolute atomic E-state index is 0.0920. The number of aryl methyl sites for hydroxylation is 1. The fourth-order valence-electron chi connectivity index (χ4n) is 2.88. The van der Waals surface area contributed by atoms with Crippen LogP contribution in [0, 0.1) is 0 Å². The van der Waals surface area contributed by atoms with Gasteiger partial charge in [-0.15, -0.1) is 0 Å². The number of hydrogen-bond acceptors (Lipinski definition) is 5. The molecule has 1 aliphatic heterocycles. The van der Waals surface area contributed by atoms with Gasteiger partial charge in [-0.2, -0.15) is 0 Å². The summed E-state index contributed by atoms with van der Waals surface area (Å²) in [4.78, 5) is 49.2. The first-order chi connectivity index (χ1) is 13.5. The molecule has 7 nitrogen and oxygen atoms in total. The van der Waals surface area contributed by atoms with Crippen LogP contribution in [0.2, 0.25) is 0 Å². The summed E-state index contributed by atoms with van der Waals surface area (Å²) >= 11 is 0. The van der Waals surface area contributed by atoms with Gasteiger partial charge in [0.25, 0.3) is 17.7 Å². The lowest BCUT2D eigenvalue weighted by molar-refractivity contribution is -0.147. The highest BCUT2D eigenvalue weighted by atomic mass is 16.5. The van der Waals surface area contributed by atoms with Gasteiger partial charge in [0.15, 0.2) is 6.61 Å². The van der Waals surface area contributed by atoms with Crippen LogP contribution in [0.4, 0.5) is 5.69 Å². The molecule has 0 atom stereocenters. The molecule has 0 saturated carbocycles. The number of anilines is 1. The second kappa shape index (κ2) is 8.47. The Morgan fingerprint density at radius 3 is 2.14 bits per heavy atom. The Morgan fingerprint density at radius 2 is 1.57 bits per heavy atom. The summed E-state index contributed by atoms with van der Waals surface area (Å²) in [5.74, 6) is -1.98. The summed E-state index contributed by atoms with van der Waals surface area (Å²) < 4.78 is 4.93. The van der Waals surface area contributed by atoms with Crippen molar-refractivity contribution in [2.45, 2.75) is 19.8 Å². The van der Waals surface area contributed by atoms with Crippen molar-refractivity contribution >= 4 is 29.4 Å². The van der Waals surface area contributed by atoms with E-state index in [1.54, 1.807) is 36.4 Å². The highest BCUT2D eigenvalue weighted by molar-refractivity contribution is 6.21. The summed E-state index contributed by atoms with van der Waals surface area (Å²) in [6.45, 7) is 1.51. The van der Waals surface area contributed by atoms with Gasteiger partial charge in [-0.25, -0.2) is 0 Å². The zero-order valence-corrected chi connectivity index (χ0v) is 15.4. The largest absolute Gasteiger partial charge is 0.456 e. The predicted octanol–water partition coefficient (Wildman–Crippen LogP) is 2.42. The smallest absolute Gasteiger partial charge is 0.308 e. The molecule has 0 aliphatic carbocycles. The van der Waals surface area contributed by atoms with Crippen LogP contribution in [0.25, 0.3) is 0 Å². The third-order valence-electron chi connectivity index (χ3n) is 4.43. The standard InChI is InChI=1S/C21H20N2O5/c1-2-14-7-9-15(10-8-14)22-18(24)13-28-19(25)11-12-23-20(26)16-5-3-4-6-17(16)21(23)27/h3-10H,2,11-13H2,1H3,(H,22,24). The van der Waals surface area contributed by atoms with Crippen molar-refractivity contribution in [2.24, 2.45) is 0 Å². The van der Waals surface area contributed by atoms with Crippen molar-refractivity contribution in [3.05, 3.63) is 65.2 Å². The molecule has 2 aromatic carbocycles. The van der Waals surface area contributed by atoms with E-state index in [1.165, 1.54) is 0 Å². The lowest BCUT2D eigenvalue weighted by Gasteiger charge is -2.13. The number of fused-ring (bicyclic) bond motifs is 1. The van der Waals surface area contributed by atoms with Crippen molar-refractivity contribution in [1.29, 1.82) is 0 Å². The van der Waals surface area contributed by atoms with E-state index >= 15 is 0 Å². The number of carbonyl (C=O) groups is 4. The van der Waals surface area contributed by atoms with Gasteiger partial charge in [0.05, 0.1) is 17.5 Å². The summed E-state index contributed by atoms with van der Waals surface area (Å²) in [6, 6.07) is 13.9. The van der Waals surface area contributed by atoms with Crippen LogP contribution in [0.15, 0.2) is 48.5 Å². The van der Waals surface area contributed by atoms with E-state index in [9.17, 15) is 19.2 Å². The molecular formula is C21H20N2O5. The van der Waals surface area contributed by atoms with E-state index in [1.807, 2.05) is 19.1 Å². The normalized spacial score (nSPS) is 12.7. The molecule has 0 spiro atoms. The Kier molecular flexibility index (Phi) is 5.84. The van der Waals surface area contributed by atoms with E-state index in [2.05, 4.69) is 5.32 Å². The Morgan fingerprint density at radius 1 is 0.964 bits per heavy atom. The first-order valence-corrected chi connectivity index (χ1v) is 8.99. The van der Waals surface area contributed by atoms with Crippen LogP contribution in [0.3, 0.4) is 0 Å². The van der Waals surface area contributed by atoms with Crippen molar-refractivity contribution in [1.82, 2.24) is 4.90 Å². The van der Waals surface area contributed by atoms with Crippen LogP contribution in [0.5, 0.6) is 0 Å². The van der Waals surface area contributed by atoms with Gasteiger partial charge < -0.3 is 10.1 Å². The average molecular weight is 380 g/mol. The van der Waals surface area contributed by atoms with Crippen LogP contribution >= 0.6 is 0 Å². The number of imide groups is 1. The maximum absolute atomic E-state index is 12.2. The van der Waals surface area contributed by atoms with Crippen molar-refractivity contribution < 1.29 is 23.9 Å². The van der Waals surface area contributed by atoms with Crippen LogP contribution < -0.4 is 5.32 Å². The highest BCUT2D eigenvalue weighted by Crippen LogP contribution is 2.22. The number of carbonyl (C=O) groups excluding carboxylic acids is 4. The zero-order chi connectivity index (χ0) is 20.1. The maximum Gasteiger partial charge on any atom is 0.308 e. The lowest BCUT2D eigenvalue weighted by atomic mass is 10.1. The fourth-order valence-corrected chi connectivity index (χ4v) is 2.88. The van der Waals surface area contributed by atoms with Gasteiger partial charge in [-0.3, -0.25) is 24.1 Å². The first-order valence-electron chi connectivity index (χ1n) is 8.99. The third kappa shape index (κ3) is 4.25. The quantitative estimate of drug-likeness (QED) is 0.588. The Balaban J connectivity index is 1.44. The van der Waals surface area contributed by atoms with E-state index < -0.39 is 30.3 Å². The Hall–Kier alpha value is -3.48. The molecule has 3 rings (SSSR count). The minimum atomic E-state index is -0.659. The first kappa shape index (κ1) is 19.3. The number of hydrogen-bond donors (Lipinski definition) is 1. The molecule has 1 heterocycles. The fraction of sp³-hybridized carbons (Fsp3) is 0.238. The average Bonchev–Trinajstić information content (AvgIpc) is 2.96. The molecule has 2 aromatic rings. The molecule has 1 aliphatic rings. The second-order valence-corrected chi connectivity index (χ2v) is 6.32. The van der Waals surface area contributed by atoms with E-state index in [4.69, 9.17) is 4.74 Å². The number of rotatable bonds is 7. The molecule has 0 aromatic heterocycles.